The third kappa shape index (κ3) is 3.36. The Morgan fingerprint density at radius 2 is 2.18 bits per heavy atom. The van der Waals surface area contributed by atoms with Gasteiger partial charge in [0, 0.05) is 17.0 Å². The van der Waals surface area contributed by atoms with Gasteiger partial charge in [-0.25, -0.2) is 0 Å². The van der Waals surface area contributed by atoms with Crippen LogP contribution in [0.4, 0.5) is 0 Å². The summed E-state index contributed by atoms with van der Waals surface area (Å²) in [6.07, 6.45) is 5.71. The minimum absolute atomic E-state index is 0.178. The van der Waals surface area contributed by atoms with E-state index in [1.54, 1.807) is 11.8 Å². The van der Waals surface area contributed by atoms with Gasteiger partial charge in [-0.2, -0.15) is 11.8 Å². The molecule has 2 fully saturated rings. The van der Waals surface area contributed by atoms with Crippen molar-refractivity contribution in [2.24, 2.45) is 0 Å². The number of aliphatic hydroxyl groups excluding tert-OH is 1. The van der Waals surface area contributed by atoms with E-state index in [1.165, 1.54) is 0 Å². The number of aliphatic hydroxyl groups is 1. The zero-order valence-electron chi connectivity index (χ0n) is 10.0. The fraction of sp³-hybridized carbons (Fsp3) is 0.917. The highest BCUT2D eigenvalue weighted by molar-refractivity contribution is 7.99. The minimum atomic E-state index is -0.702. The summed E-state index contributed by atoms with van der Waals surface area (Å²) in [5.74, 6) is 0.0164. The summed E-state index contributed by atoms with van der Waals surface area (Å²) < 4.78 is 0. The minimum Gasteiger partial charge on any atom is -0.480 e. The monoisotopic (exact) mass is 259 g/mol. The summed E-state index contributed by atoms with van der Waals surface area (Å²) in [6, 6.07) is 0.424. The molecule has 3 N–H and O–H groups in total. The van der Waals surface area contributed by atoms with E-state index in [4.69, 9.17) is 5.11 Å². The third-order valence-electron chi connectivity index (χ3n) is 3.62. The Morgan fingerprint density at radius 1 is 1.41 bits per heavy atom. The molecule has 98 valence electrons. The molecular weight excluding hydrogens is 238 g/mol. The Bertz CT molecular complexity index is 283. The van der Waals surface area contributed by atoms with Crippen LogP contribution in [0.3, 0.4) is 0 Å². The first-order valence-corrected chi connectivity index (χ1v) is 7.45. The average molecular weight is 259 g/mol. The number of hydrogen-bond acceptors (Lipinski definition) is 4. The summed E-state index contributed by atoms with van der Waals surface area (Å²) >= 11 is 1.71. The normalized spacial score (nSPS) is 33.6. The van der Waals surface area contributed by atoms with E-state index in [9.17, 15) is 9.90 Å². The molecule has 4 nitrogen and oxygen atoms in total. The van der Waals surface area contributed by atoms with Gasteiger partial charge < -0.3 is 10.2 Å². The fourth-order valence-corrected chi connectivity index (χ4v) is 3.77. The third-order valence-corrected chi connectivity index (χ3v) is 4.91. The van der Waals surface area contributed by atoms with Gasteiger partial charge in [0.1, 0.15) is 5.54 Å². The van der Waals surface area contributed by atoms with Crippen molar-refractivity contribution in [3.8, 4) is 0 Å². The maximum absolute atomic E-state index is 11.5. The van der Waals surface area contributed by atoms with Gasteiger partial charge in [0.15, 0.2) is 0 Å². The van der Waals surface area contributed by atoms with Crippen LogP contribution < -0.4 is 5.32 Å². The van der Waals surface area contributed by atoms with E-state index < -0.39 is 11.5 Å². The number of hydrogen-bond donors (Lipinski definition) is 3. The van der Waals surface area contributed by atoms with Crippen LogP contribution in [-0.4, -0.2) is 45.4 Å². The molecule has 0 aliphatic heterocycles. The molecule has 0 heterocycles. The summed E-state index contributed by atoms with van der Waals surface area (Å²) in [6.45, 7) is 0.178. The fourth-order valence-electron chi connectivity index (χ4n) is 2.59. The molecule has 0 bridgehead atoms. The summed E-state index contributed by atoms with van der Waals surface area (Å²) in [4.78, 5) is 11.5. The maximum Gasteiger partial charge on any atom is 0.323 e. The highest BCUT2D eigenvalue weighted by atomic mass is 32.2. The van der Waals surface area contributed by atoms with Crippen molar-refractivity contribution in [3.63, 3.8) is 0 Å². The van der Waals surface area contributed by atoms with Crippen LogP contribution in [0.2, 0.25) is 0 Å². The molecule has 0 amide bonds. The van der Waals surface area contributed by atoms with Gasteiger partial charge in [0.05, 0.1) is 6.61 Å². The lowest BCUT2D eigenvalue weighted by Crippen LogP contribution is -2.56. The molecule has 2 atom stereocenters. The van der Waals surface area contributed by atoms with Gasteiger partial charge in [-0.3, -0.25) is 10.1 Å². The number of carboxylic acid groups (broad SMARTS) is 1. The number of aliphatic carboxylic acids is 1. The van der Waals surface area contributed by atoms with Crippen molar-refractivity contribution in [2.45, 2.75) is 55.4 Å². The first-order valence-electron chi connectivity index (χ1n) is 6.40. The van der Waals surface area contributed by atoms with Gasteiger partial charge in [-0.1, -0.05) is 0 Å². The number of rotatable bonds is 6. The molecule has 0 saturated heterocycles. The number of carbonyl (C=O) groups is 1. The molecule has 2 rings (SSSR count). The summed E-state index contributed by atoms with van der Waals surface area (Å²) in [7, 11) is 0. The maximum atomic E-state index is 11.5. The van der Waals surface area contributed by atoms with Gasteiger partial charge >= 0.3 is 5.97 Å². The van der Waals surface area contributed by atoms with E-state index in [1.807, 2.05) is 0 Å². The Labute approximate surface area is 106 Å². The molecular formula is C12H21NO3S. The molecule has 2 unspecified atom stereocenters. The summed E-state index contributed by atoms with van der Waals surface area (Å²) in [5.41, 5.74) is -0.702. The Hall–Kier alpha value is -0.260. The van der Waals surface area contributed by atoms with Gasteiger partial charge in [-0.15, -0.1) is 0 Å². The van der Waals surface area contributed by atoms with Crippen LogP contribution in [0.25, 0.3) is 0 Å². The van der Waals surface area contributed by atoms with Crippen LogP contribution >= 0.6 is 11.8 Å². The molecule has 2 saturated carbocycles. The highest BCUT2D eigenvalue weighted by Crippen LogP contribution is 2.37. The van der Waals surface area contributed by atoms with E-state index in [0.29, 0.717) is 23.5 Å². The predicted molar refractivity (Wildman–Crippen MR) is 68.3 cm³/mol. The predicted octanol–water partition coefficient (Wildman–Crippen LogP) is 1.23. The van der Waals surface area contributed by atoms with Crippen LogP contribution in [0.5, 0.6) is 0 Å². The van der Waals surface area contributed by atoms with Crippen molar-refractivity contribution < 1.29 is 15.0 Å². The molecule has 5 heteroatoms. The molecule has 0 aromatic carbocycles. The number of thioether (sulfide) groups is 1. The van der Waals surface area contributed by atoms with Crippen molar-refractivity contribution in [1.29, 1.82) is 0 Å². The van der Waals surface area contributed by atoms with Gasteiger partial charge in [-0.05, 0) is 38.5 Å². The molecule has 0 radical (unpaired) electrons. The topological polar surface area (TPSA) is 69.6 Å². The molecule has 0 aromatic rings. The second-order valence-corrected chi connectivity index (χ2v) is 6.53. The average Bonchev–Trinajstić information content (AvgIpc) is 3.10. The van der Waals surface area contributed by atoms with E-state index in [0.717, 1.165) is 32.1 Å². The quantitative estimate of drug-likeness (QED) is 0.669. The standard InChI is InChI=1S/C12H21NO3S/c14-6-7-17-10-2-1-5-12(8-10,11(15)16)13-9-3-4-9/h9-10,13-14H,1-8H2,(H,15,16). The van der Waals surface area contributed by atoms with Crippen molar-refractivity contribution in [3.05, 3.63) is 0 Å². The second-order valence-electron chi connectivity index (χ2n) is 5.12. The lowest BCUT2D eigenvalue weighted by atomic mass is 9.81. The van der Waals surface area contributed by atoms with Crippen LogP contribution in [0.1, 0.15) is 38.5 Å². The first kappa shape index (κ1) is 13.2. The van der Waals surface area contributed by atoms with E-state index >= 15 is 0 Å². The van der Waals surface area contributed by atoms with Crippen molar-refractivity contribution in [2.75, 3.05) is 12.4 Å². The number of nitrogens with one attached hydrogen (secondary N) is 1. The molecule has 2 aliphatic rings. The molecule has 0 spiro atoms. The van der Waals surface area contributed by atoms with E-state index in [2.05, 4.69) is 5.32 Å². The first-order chi connectivity index (χ1) is 8.16. The Kier molecular flexibility index (Phi) is 4.33. The Balaban J connectivity index is 1.96. The van der Waals surface area contributed by atoms with Crippen LogP contribution in [0, 0.1) is 0 Å². The van der Waals surface area contributed by atoms with Crippen LogP contribution in [-0.2, 0) is 4.79 Å². The summed E-state index contributed by atoms with van der Waals surface area (Å²) in [5, 5.41) is 22.0. The zero-order chi connectivity index (χ0) is 12.3. The lowest BCUT2D eigenvalue weighted by Gasteiger charge is -2.38. The Morgan fingerprint density at radius 3 is 2.76 bits per heavy atom. The van der Waals surface area contributed by atoms with Crippen molar-refractivity contribution in [1.82, 2.24) is 5.32 Å². The zero-order valence-corrected chi connectivity index (χ0v) is 10.8. The lowest BCUT2D eigenvalue weighted by molar-refractivity contribution is -0.146. The number of carboxylic acids is 1. The highest BCUT2D eigenvalue weighted by Gasteiger charge is 2.45. The molecule has 2 aliphatic carbocycles. The van der Waals surface area contributed by atoms with Crippen LogP contribution in [0.15, 0.2) is 0 Å². The largest absolute Gasteiger partial charge is 0.480 e. The van der Waals surface area contributed by atoms with Gasteiger partial charge in [0.25, 0.3) is 0 Å². The second kappa shape index (κ2) is 5.59. The molecule has 0 aromatic heterocycles. The van der Waals surface area contributed by atoms with Crippen molar-refractivity contribution >= 4 is 17.7 Å². The van der Waals surface area contributed by atoms with E-state index in [-0.39, 0.29) is 6.61 Å². The smallest absolute Gasteiger partial charge is 0.323 e. The molecule has 17 heavy (non-hydrogen) atoms. The van der Waals surface area contributed by atoms with Gasteiger partial charge in [0.2, 0.25) is 0 Å². The SMILES string of the molecule is O=C(O)C1(NC2CC2)CCCC(SCCO)C1.